The van der Waals surface area contributed by atoms with Gasteiger partial charge in [0.2, 0.25) is 0 Å². The van der Waals surface area contributed by atoms with E-state index in [1.54, 1.807) is 12.1 Å². The van der Waals surface area contributed by atoms with Crippen LogP contribution in [0.25, 0.3) is 0 Å². The van der Waals surface area contributed by atoms with Gasteiger partial charge in [-0.25, -0.2) is 4.39 Å². The zero-order valence-electron chi connectivity index (χ0n) is 11.9. The molecule has 19 heavy (non-hydrogen) atoms. The normalized spacial score (nSPS) is 19.4. The zero-order chi connectivity index (χ0) is 13.8. The van der Waals surface area contributed by atoms with Crippen molar-refractivity contribution in [3.05, 3.63) is 29.6 Å². The number of nitrogens with zero attached hydrogens (tertiary/aromatic N) is 1. The van der Waals surface area contributed by atoms with E-state index in [1.807, 2.05) is 6.92 Å². The third-order valence-electron chi connectivity index (χ3n) is 4.45. The van der Waals surface area contributed by atoms with Gasteiger partial charge < -0.3 is 5.11 Å². The largest absolute Gasteiger partial charge is 0.508 e. The van der Waals surface area contributed by atoms with Gasteiger partial charge in [-0.1, -0.05) is 31.7 Å². The Morgan fingerprint density at radius 1 is 1.21 bits per heavy atom. The van der Waals surface area contributed by atoms with Gasteiger partial charge in [-0.2, -0.15) is 0 Å². The minimum Gasteiger partial charge on any atom is -0.508 e. The fourth-order valence-corrected chi connectivity index (χ4v) is 3.06. The predicted molar refractivity (Wildman–Crippen MR) is 75.7 cm³/mol. The number of halogens is 1. The number of rotatable bonds is 3. The standard InChI is InChI=1S/C16H24FNO/c1-12(15-10-9-14(19)11-16(15)17)18(2)13-7-5-3-4-6-8-13/h9-13,19H,3-8H2,1-2H3. The van der Waals surface area contributed by atoms with Crippen LogP contribution < -0.4 is 0 Å². The second kappa shape index (κ2) is 6.38. The van der Waals surface area contributed by atoms with E-state index < -0.39 is 0 Å². The molecule has 0 aliphatic heterocycles. The molecule has 1 N–H and O–H groups in total. The Labute approximate surface area is 115 Å². The molecule has 2 nitrogen and oxygen atoms in total. The van der Waals surface area contributed by atoms with E-state index in [4.69, 9.17) is 0 Å². The van der Waals surface area contributed by atoms with Crippen LogP contribution in [0.3, 0.4) is 0 Å². The minimum absolute atomic E-state index is 0.00873. The highest BCUT2D eigenvalue weighted by atomic mass is 19.1. The molecule has 0 saturated heterocycles. The van der Waals surface area contributed by atoms with E-state index in [9.17, 15) is 9.50 Å². The molecule has 1 saturated carbocycles. The first-order valence-electron chi connectivity index (χ1n) is 7.30. The molecular weight excluding hydrogens is 241 g/mol. The summed E-state index contributed by atoms with van der Waals surface area (Å²) in [5.74, 6) is -0.321. The van der Waals surface area contributed by atoms with Crippen molar-refractivity contribution in [3.8, 4) is 5.75 Å². The van der Waals surface area contributed by atoms with Crippen LogP contribution in [0.4, 0.5) is 4.39 Å². The molecule has 0 bridgehead atoms. The number of phenols is 1. The summed E-state index contributed by atoms with van der Waals surface area (Å²) in [6, 6.07) is 5.06. The van der Waals surface area contributed by atoms with Crippen LogP contribution in [0.5, 0.6) is 5.75 Å². The van der Waals surface area contributed by atoms with Crippen LogP contribution in [0.2, 0.25) is 0 Å². The van der Waals surface area contributed by atoms with Gasteiger partial charge in [0.05, 0.1) is 0 Å². The van der Waals surface area contributed by atoms with Crippen LogP contribution >= 0.6 is 0 Å². The molecule has 0 amide bonds. The molecule has 2 rings (SSSR count). The summed E-state index contributed by atoms with van der Waals surface area (Å²) in [6.07, 6.45) is 7.62. The van der Waals surface area contributed by atoms with Crippen molar-refractivity contribution in [2.75, 3.05) is 7.05 Å². The smallest absolute Gasteiger partial charge is 0.131 e. The molecule has 0 aromatic heterocycles. The number of hydrogen-bond donors (Lipinski definition) is 1. The second-order valence-corrected chi connectivity index (χ2v) is 5.69. The first-order valence-corrected chi connectivity index (χ1v) is 7.30. The third-order valence-corrected chi connectivity index (χ3v) is 4.45. The lowest BCUT2D eigenvalue weighted by atomic mass is 10.0. The fraction of sp³-hybridized carbons (Fsp3) is 0.625. The number of phenolic OH excluding ortho intramolecular Hbond substituents is 1. The summed E-state index contributed by atoms with van der Waals surface area (Å²) in [5, 5.41) is 9.29. The topological polar surface area (TPSA) is 23.5 Å². The zero-order valence-corrected chi connectivity index (χ0v) is 11.9. The summed E-state index contributed by atoms with van der Waals surface area (Å²) >= 11 is 0. The van der Waals surface area contributed by atoms with Gasteiger partial charge in [-0.3, -0.25) is 4.90 Å². The molecule has 1 unspecified atom stereocenters. The Morgan fingerprint density at radius 2 is 1.84 bits per heavy atom. The fourth-order valence-electron chi connectivity index (χ4n) is 3.06. The Kier molecular flexibility index (Phi) is 4.81. The van der Waals surface area contributed by atoms with E-state index in [-0.39, 0.29) is 17.6 Å². The van der Waals surface area contributed by atoms with Crippen molar-refractivity contribution < 1.29 is 9.50 Å². The third kappa shape index (κ3) is 3.47. The average molecular weight is 265 g/mol. The monoisotopic (exact) mass is 265 g/mol. The molecular formula is C16H24FNO. The van der Waals surface area contributed by atoms with Crippen LogP contribution in [0.15, 0.2) is 18.2 Å². The van der Waals surface area contributed by atoms with E-state index in [2.05, 4.69) is 11.9 Å². The molecule has 1 atom stereocenters. The molecule has 3 heteroatoms. The van der Waals surface area contributed by atoms with Crippen molar-refractivity contribution in [1.29, 1.82) is 0 Å². The molecule has 1 aliphatic carbocycles. The highest BCUT2D eigenvalue weighted by molar-refractivity contribution is 5.29. The van der Waals surface area contributed by atoms with Crippen molar-refractivity contribution in [3.63, 3.8) is 0 Å². The number of benzene rings is 1. The maximum absolute atomic E-state index is 13.9. The Bertz CT molecular complexity index is 413. The number of aromatic hydroxyl groups is 1. The molecule has 0 radical (unpaired) electrons. The molecule has 1 aromatic carbocycles. The SMILES string of the molecule is CC(c1ccc(O)cc1F)N(C)C1CCCCCC1. The summed E-state index contributed by atoms with van der Waals surface area (Å²) in [5.41, 5.74) is 0.671. The van der Waals surface area contributed by atoms with Crippen LogP contribution in [0, 0.1) is 5.82 Å². The predicted octanol–water partition coefficient (Wildman–Crippen LogP) is 4.25. The maximum atomic E-state index is 13.9. The summed E-state index contributed by atoms with van der Waals surface area (Å²) in [4.78, 5) is 2.29. The van der Waals surface area contributed by atoms with Crippen LogP contribution in [-0.2, 0) is 0 Å². The van der Waals surface area contributed by atoms with Gasteiger partial charge in [-0.15, -0.1) is 0 Å². The van der Waals surface area contributed by atoms with Gasteiger partial charge >= 0.3 is 0 Å². The molecule has 1 aliphatic rings. The average Bonchev–Trinajstić information content (AvgIpc) is 2.66. The van der Waals surface area contributed by atoms with E-state index in [0.717, 1.165) is 0 Å². The molecule has 106 valence electrons. The van der Waals surface area contributed by atoms with Crippen molar-refractivity contribution in [1.82, 2.24) is 4.90 Å². The first-order chi connectivity index (χ1) is 9.09. The highest BCUT2D eigenvalue weighted by Gasteiger charge is 2.23. The Morgan fingerprint density at radius 3 is 2.42 bits per heavy atom. The molecule has 0 spiro atoms. The highest BCUT2D eigenvalue weighted by Crippen LogP contribution is 2.30. The lowest BCUT2D eigenvalue weighted by molar-refractivity contribution is 0.165. The second-order valence-electron chi connectivity index (χ2n) is 5.69. The van der Waals surface area contributed by atoms with E-state index in [1.165, 1.54) is 44.6 Å². The van der Waals surface area contributed by atoms with Crippen molar-refractivity contribution >= 4 is 0 Å². The van der Waals surface area contributed by atoms with Gasteiger partial charge in [-0.05, 0) is 32.9 Å². The van der Waals surface area contributed by atoms with Gasteiger partial charge in [0.25, 0.3) is 0 Å². The quantitative estimate of drug-likeness (QED) is 0.826. The maximum Gasteiger partial charge on any atom is 0.131 e. The van der Waals surface area contributed by atoms with Crippen LogP contribution in [-0.4, -0.2) is 23.1 Å². The lowest BCUT2D eigenvalue weighted by Gasteiger charge is -2.33. The lowest BCUT2D eigenvalue weighted by Crippen LogP contribution is -2.34. The molecule has 1 fully saturated rings. The Balaban J connectivity index is 2.10. The van der Waals surface area contributed by atoms with Gasteiger partial charge in [0.1, 0.15) is 11.6 Å². The van der Waals surface area contributed by atoms with Gasteiger partial charge in [0.15, 0.2) is 0 Å². The summed E-state index contributed by atoms with van der Waals surface area (Å²) in [6.45, 7) is 2.04. The van der Waals surface area contributed by atoms with E-state index in [0.29, 0.717) is 11.6 Å². The molecule has 1 aromatic rings. The first kappa shape index (κ1) is 14.3. The Hall–Kier alpha value is -1.09. The minimum atomic E-state index is -0.312. The van der Waals surface area contributed by atoms with Crippen molar-refractivity contribution in [2.24, 2.45) is 0 Å². The number of hydrogen-bond acceptors (Lipinski definition) is 2. The van der Waals surface area contributed by atoms with Crippen LogP contribution in [0.1, 0.15) is 57.1 Å². The summed E-state index contributed by atoms with van der Waals surface area (Å²) in [7, 11) is 2.09. The molecule has 0 heterocycles. The van der Waals surface area contributed by atoms with Gasteiger partial charge in [0, 0.05) is 23.7 Å². The van der Waals surface area contributed by atoms with E-state index >= 15 is 0 Å². The van der Waals surface area contributed by atoms with Crippen molar-refractivity contribution in [2.45, 2.75) is 57.5 Å². The summed E-state index contributed by atoms with van der Waals surface area (Å²) < 4.78 is 13.9.